The van der Waals surface area contributed by atoms with E-state index in [0.717, 1.165) is 25.9 Å². The lowest BCUT2D eigenvalue weighted by atomic mass is 10.2. The van der Waals surface area contributed by atoms with Gasteiger partial charge in [-0.05, 0) is 12.8 Å². The van der Waals surface area contributed by atoms with Crippen LogP contribution in [0.25, 0.3) is 0 Å². The van der Waals surface area contributed by atoms with E-state index < -0.39 is 10.0 Å². The molecule has 82 valence electrons. The fraction of sp³-hybridized carbons (Fsp3) is 1.00. The van der Waals surface area contributed by atoms with Gasteiger partial charge in [0.25, 0.3) is 0 Å². The zero-order chi connectivity index (χ0) is 10.0. The molecular weight excluding hydrogens is 204 g/mol. The number of hydrogen-bond acceptors (Lipinski definition) is 4. The van der Waals surface area contributed by atoms with Gasteiger partial charge in [-0.1, -0.05) is 0 Å². The number of rotatable bonds is 4. The minimum atomic E-state index is -3.14. The second-order valence-electron chi connectivity index (χ2n) is 3.89. The van der Waals surface area contributed by atoms with E-state index in [4.69, 9.17) is 4.74 Å². The van der Waals surface area contributed by atoms with Gasteiger partial charge in [-0.15, -0.1) is 0 Å². The van der Waals surface area contributed by atoms with Crippen LogP contribution in [0.5, 0.6) is 0 Å². The van der Waals surface area contributed by atoms with Crippen LogP contribution in [0.3, 0.4) is 0 Å². The molecule has 2 rings (SSSR count). The molecule has 14 heavy (non-hydrogen) atoms. The van der Waals surface area contributed by atoms with Gasteiger partial charge in [0, 0.05) is 25.7 Å². The minimum Gasteiger partial charge on any atom is -0.377 e. The molecule has 0 bridgehead atoms. The summed E-state index contributed by atoms with van der Waals surface area (Å²) >= 11 is 0. The molecule has 0 saturated carbocycles. The van der Waals surface area contributed by atoms with Crippen molar-refractivity contribution in [3.05, 3.63) is 0 Å². The van der Waals surface area contributed by atoms with E-state index in [9.17, 15) is 8.42 Å². The molecule has 1 unspecified atom stereocenters. The molecule has 2 N–H and O–H groups in total. The van der Waals surface area contributed by atoms with Crippen LogP contribution >= 0.6 is 0 Å². The van der Waals surface area contributed by atoms with Gasteiger partial charge in [-0.3, -0.25) is 0 Å². The molecule has 0 aromatic rings. The van der Waals surface area contributed by atoms with Crippen molar-refractivity contribution in [2.45, 2.75) is 25.0 Å². The summed E-state index contributed by atoms with van der Waals surface area (Å²) in [7, 11) is -3.14. The predicted octanol–water partition coefficient (Wildman–Crippen LogP) is -0.943. The van der Waals surface area contributed by atoms with Gasteiger partial charge < -0.3 is 10.1 Å². The van der Waals surface area contributed by atoms with E-state index in [-0.39, 0.29) is 17.9 Å². The molecule has 0 aromatic carbocycles. The van der Waals surface area contributed by atoms with E-state index in [1.54, 1.807) is 0 Å². The normalized spacial score (nSPS) is 29.0. The van der Waals surface area contributed by atoms with E-state index in [1.807, 2.05) is 0 Å². The Morgan fingerprint density at radius 1 is 1.43 bits per heavy atom. The van der Waals surface area contributed by atoms with Gasteiger partial charge in [0.2, 0.25) is 10.0 Å². The van der Waals surface area contributed by atoms with Gasteiger partial charge in [0.15, 0.2) is 0 Å². The molecule has 0 radical (unpaired) electrons. The summed E-state index contributed by atoms with van der Waals surface area (Å²) in [6, 6.07) is 0.0846. The smallest absolute Gasteiger partial charge is 0.214 e. The predicted molar refractivity (Wildman–Crippen MR) is 52.6 cm³/mol. The summed E-state index contributed by atoms with van der Waals surface area (Å²) in [4.78, 5) is 0. The third kappa shape index (κ3) is 2.66. The largest absolute Gasteiger partial charge is 0.377 e. The summed E-state index contributed by atoms with van der Waals surface area (Å²) in [5.41, 5.74) is 0. The summed E-state index contributed by atoms with van der Waals surface area (Å²) < 4.78 is 31.1. The molecule has 1 atom stereocenters. The van der Waals surface area contributed by atoms with Crippen LogP contribution < -0.4 is 10.0 Å². The Morgan fingerprint density at radius 2 is 2.21 bits per heavy atom. The quantitative estimate of drug-likeness (QED) is 0.641. The topological polar surface area (TPSA) is 67.4 Å². The summed E-state index contributed by atoms with van der Waals surface area (Å²) in [6.07, 6.45) is 1.75. The molecule has 0 amide bonds. The Hall–Kier alpha value is -0.170. The highest BCUT2D eigenvalue weighted by atomic mass is 32.2. The first kappa shape index (κ1) is 10.4. The highest BCUT2D eigenvalue weighted by Crippen LogP contribution is 2.13. The van der Waals surface area contributed by atoms with E-state index >= 15 is 0 Å². The van der Waals surface area contributed by atoms with Crippen molar-refractivity contribution in [2.75, 3.05) is 25.4 Å². The fourth-order valence-corrected chi connectivity index (χ4v) is 3.22. The lowest BCUT2D eigenvalue weighted by molar-refractivity contribution is 0.127. The van der Waals surface area contributed by atoms with Crippen LogP contribution in [0.2, 0.25) is 0 Å². The maximum absolute atomic E-state index is 11.6. The molecule has 2 aliphatic rings. The van der Waals surface area contributed by atoms with Crippen LogP contribution in [-0.4, -0.2) is 46.0 Å². The molecule has 0 aliphatic carbocycles. The van der Waals surface area contributed by atoms with Crippen LogP contribution in [0.15, 0.2) is 0 Å². The van der Waals surface area contributed by atoms with Crippen LogP contribution in [0, 0.1) is 0 Å². The Kier molecular flexibility index (Phi) is 3.06. The molecule has 2 heterocycles. The molecule has 2 saturated heterocycles. The highest BCUT2D eigenvalue weighted by Gasteiger charge is 2.27. The minimum absolute atomic E-state index is 0.0846. The lowest BCUT2D eigenvalue weighted by Gasteiger charge is -2.28. The van der Waals surface area contributed by atoms with Crippen LogP contribution in [0.1, 0.15) is 12.8 Å². The van der Waals surface area contributed by atoms with Gasteiger partial charge >= 0.3 is 0 Å². The Bertz CT molecular complexity index is 281. The van der Waals surface area contributed by atoms with E-state index in [2.05, 4.69) is 10.0 Å². The molecule has 0 spiro atoms. The second kappa shape index (κ2) is 4.14. The number of hydrogen-bond donors (Lipinski definition) is 2. The maximum atomic E-state index is 11.6. The summed E-state index contributed by atoms with van der Waals surface area (Å²) in [5.74, 6) is 0.115. The Morgan fingerprint density at radius 3 is 2.71 bits per heavy atom. The molecule has 2 aliphatic heterocycles. The molecule has 2 fully saturated rings. The average Bonchev–Trinajstić information content (AvgIpc) is 2.49. The van der Waals surface area contributed by atoms with Gasteiger partial charge in [-0.2, -0.15) is 0 Å². The maximum Gasteiger partial charge on any atom is 0.214 e. The van der Waals surface area contributed by atoms with Crippen molar-refractivity contribution in [2.24, 2.45) is 0 Å². The summed E-state index contributed by atoms with van der Waals surface area (Å²) in [6.45, 7) is 2.18. The summed E-state index contributed by atoms with van der Waals surface area (Å²) in [5, 5.41) is 3.02. The number of sulfonamides is 1. The SMILES string of the molecule is O=S(=O)(CC1CCCO1)NC1CNC1. The highest BCUT2D eigenvalue weighted by molar-refractivity contribution is 7.89. The monoisotopic (exact) mass is 220 g/mol. The Labute approximate surface area is 84.3 Å². The third-order valence-electron chi connectivity index (χ3n) is 2.56. The van der Waals surface area contributed by atoms with Crippen LogP contribution in [-0.2, 0) is 14.8 Å². The van der Waals surface area contributed by atoms with Gasteiger partial charge in [-0.25, -0.2) is 13.1 Å². The van der Waals surface area contributed by atoms with Gasteiger partial charge in [0.05, 0.1) is 11.9 Å². The first-order chi connectivity index (χ1) is 6.66. The van der Waals surface area contributed by atoms with Gasteiger partial charge in [0.1, 0.15) is 0 Å². The zero-order valence-electron chi connectivity index (χ0n) is 8.03. The first-order valence-electron chi connectivity index (χ1n) is 4.98. The average molecular weight is 220 g/mol. The standard InChI is InChI=1S/C8H16N2O3S/c11-14(12,10-7-4-9-5-7)6-8-2-1-3-13-8/h7-10H,1-6H2. The van der Waals surface area contributed by atoms with Crippen molar-refractivity contribution in [3.8, 4) is 0 Å². The molecule has 6 heteroatoms. The third-order valence-corrected chi connectivity index (χ3v) is 4.06. The van der Waals surface area contributed by atoms with Crippen molar-refractivity contribution in [3.63, 3.8) is 0 Å². The molecular formula is C8H16N2O3S. The van der Waals surface area contributed by atoms with Crippen molar-refractivity contribution < 1.29 is 13.2 Å². The lowest BCUT2D eigenvalue weighted by Crippen LogP contribution is -2.57. The van der Waals surface area contributed by atoms with Crippen molar-refractivity contribution in [1.29, 1.82) is 0 Å². The number of ether oxygens (including phenoxy) is 1. The van der Waals surface area contributed by atoms with Crippen LogP contribution in [0.4, 0.5) is 0 Å². The molecule has 5 nitrogen and oxygen atoms in total. The second-order valence-corrected chi connectivity index (χ2v) is 5.69. The molecule has 0 aromatic heterocycles. The zero-order valence-corrected chi connectivity index (χ0v) is 8.85. The van der Waals surface area contributed by atoms with E-state index in [0.29, 0.717) is 6.61 Å². The van der Waals surface area contributed by atoms with Crippen molar-refractivity contribution in [1.82, 2.24) is 10.0 Å². The van der Waals surface area contributed by atoms with Crippen molar-refractivity contribution >= 4 is 10.0 Å². The van der Waals surface area contributed by atoms with E-state index in [1.165, 1.54) is 0 Å². The first-order valence-corrected chi connectivity index (χ1v) is 6.63. The Balaban J connectivity index is 1.81. The fourth-order valence-electron chi connectivity index (χ4n) is 1.69. The number of nitrogens with one attached hydrogen (secondary N) is 2.